The number of rotatable bonds is 9. The maximum absolute atomic E-state index is 11.9. The summed E-state index contributed by atoms with van der Waals surface area (Å²) in [4.78, 5) is 11.9. The van der Waals surface area contributed by atoms with Crippen molar-refractivity contribution in [3.63, 3.8) is 0 Å². The fourth-order valence-electron chi connectivity index (χ4n) is 2.44. The second-order valence-corrected chi connectivity index (χ2v) is 5.54. The Morgan fingerprint density at radius 3 is 2.60 bits per heavy atom. The summed E-state index contributed by atoms with van der Waals surface area (Å²) in [7, 11) is 1.63. The Morgan fingerprint density at radius 1 is 1.12 bits per heavy atom. The molecule has 132 valence electrons. The molecule has 4 heteroatoms. The molecule has 0 heterocycles. The van der Waals surface area contributed by atoms with E-state index in [4.69, 9.17) is 9.47 Å². The van der Waals surface area contributed by atoms with E-state index in [-0.39, 0.29) is 5.91 Å². The minimum absolute atomic E-state index is 0.0890. The fourth-order valence-corrected chi connectivity index (χ4v) is 2.44. The van der Waals surface area contributed by atoms with Crippen LogP contribution in [0.3, 0.4) is 0 Å². The predicted octanol–water partition coefficient (Wildman–Crippen LogP) is 3.86. The molecular formula is C21H25NO3. The number of hydrogen-bond acceptors (Lipinski definition) is 3. The first-order chi connectivity index (χ1) is 12.2. The molecule has 0 aromatic heterocycles. The first kappa shape index (κ1) is 18.6. The van der Waals surface area contributed by atoms with Gasteiger partial charge in [0, 0.05) is 12.6 Å². The van der Waals surface area contributed by atoms with Gasteiger partial charge in [0.2, 0.25) is 5.91 Å². The maximum Gasteiger partial charge on any atom is 0.243 e. The Hall–Kier alpha value is -2.75. The zero-order valence-corrected chi connectivity index (χ0v) is 14.8. The van der Waals surface area contributed by atoms with Crippen LogP contribution in [0.2, 0.25) is 0 Å². The molecule has 1 N–H and O–H groups in total. The molecule has 0 aliphatic heterocycles. The van der Waals surface area contributed by atoms with Gasteiger partial charge in [-0.3, -0.25) is 4.79 Å². The number of benzene rings is 2. The molecule has 4 nitrogen and oxygen atoms in total. The van der Waals surface area contributed by atoms with Gasteiger partial charge in [0.25, 0.3) is 0 Å². The predicted molar refractivity (Wildman–Crippen MR) is 101 cm³/mol. The van der Waals surface area contributed by atoms with Crippen LogP contribution in [0.4, 0.5) is 0 Å². The molecule has 0 spiro atoms. The number of carbonyl (C=O) groups excluding carboxylic acids is 1. The van der Waals surface area contributed by atoms with Crippen LogP contribution in [0.15, 0.2) is 54.6 Å². The number of para-hydroxylation sites is 1. The topological polar surface area (TPSA) is 47.6 Å². The molecule has 0 fully saturated rings. The van der Waals surface area contributed by atoms with E-state index in [2.05, 4.69) is 11.4 Å². The van der Waals surface area contributed by atoms with Crippen molar-refractivity contribution >= 4 is 12.0 Å². The number of hydrogen-bond donors (Lipinski definition) is 1. The third kappa shape index (κ3) is 6.34. The summed E-state index contributed by atoms with van der Waals surface area (Å²) in [5, 5.41) is 2.91. The average Bonchev–Trinajstić information content (AvgIpc) is 2.65. The van der Waals surface area contributed by atoms with E-state index >= 15 is 0 Å². The van der Waals surface area contributed by atoms with Gasteiger partial charge in [0.05, 0.1) is 13.7 Å². The van der Waals surface area contributed by atoms with E-state index in [0.717, 1.165) is 29.9 Å². The van der Waals surface area contributed by atoms with Crippen LogP contribution < -0.4 is 14.8 Å². The molecule has 0 bridgehead atoms. The SMILES string of the molecule is CCOc1ccccc1CCCNC(=O)/C=C/c1ccc(OC)cc1. The Bertz CT molecular complexity index is 693. The highest BCUT2D eigenvalue weighted by atomic mass is 16.5. The molecular weight excluding hydrogens is 314 g/mol. The van der Waals surface area contributed by atoms with Gasteiger partial charge in [-0.1, -0.05) is 30.3 Å². The molecule has 0 saturated heterocycles. The van der Waals surface area contributed by atoms with Crippen molar-refractivity contribution in [2.75, 3.05) is 20.3 Å². The monoisotopic (exact) mass is 339 g/mol. The van der Waals surface area contributed by atoms with Crippen LogP contribution in [0, 0.1) is 0 Å². The molecule has 2 aromatic carbocycles. The molecule has 0 atom stereocenters. The molecule has 2 aromatic rings. The second-order valence-electron chi connectivity index (χ2n) is 5.54. The number of ether oxygens (including phenoxy) is 2. The van der Waals surface area contributed by atoms with Crippen molar-refractivity contribution in [1.29, 1.82) is 0 Å². The standard InChI is InChI=1S/C21H25NO3/c1-3-25-20-9-5-4-7-18(20)8-6-16-22-21(23)15-12-17-10-13-19(24-2)14-11-17/h4-5,7,9-15H,3,6,8,16H2,1-2H3,(H,22,23)/b15-12+. The smallest absolute Gasteiger partial charge is 0.243 e. The van der Waals surface area contributed by atoms with Crippen molar-refractivity contribution in [2.24, 2.45) is 0 Å². The quantitative estimate of drug-likeness (QED) is 0.557. The van der Waals surface area contributed by atoms with E-state index in [1.807, 2.05) is 49.4 Å². The zero-order chi connectivity index (χ0) is 17.9. The third-order valence-corrected chi connectivity index (χ3v) is 3.74. The van der Waals surface area contributed by atoms with E-state index in [1.54, 1.807) is 19.3 Å². The van der Waals surface area contributed by atoms with Crippen LogP contribution in [0.25, 0.3) is 6.08 Å². The number of aryl methyl sites for hydroxylation is 1. The molecule has 0 saturated carbocycles. The molecule has 0 aliphatic rings. The number of methoxy groups -OCH3 is 1. The van der Waals surface area contributed by atoms with Crippen molar-refractivity contribution < 1.29 is 14.3 Å². The lowest BCUT2D eigenvalue weighted by molar-refractivity contribution is -0.116. The summed E-state index contributed by atoms with van der Waals surface area (Å²) < 4.78 is 10.7. The highest BCUT2D eigenvalue weighted by Gasteiger charge is 2.02. The van der Waals surface area contributed by atoms with Crippen LogP contribution >= 0.6 is 0 Å². The summed E-state index contributed by atoms with van der Waals surface area (Å²) in [5.74, 6) is 1.64. The Balaban J connectivity index is 1.74. The summed E-state index contributed by atoms with van der Waals surface area (Å²) >= 11 is 0. The average molecular weight is 339 g/mol. The van der Waals surface area contributed by atoms with E-state index in [9.17, 15) is 4.79 Å². The first-order valence-corrected chi connectivity index (χ1v) is 8.53. The molecule has 1 amide bonds. The lowest BCUT2D eigenvalue weighted by atomic mass is 10.1. The van der Waals surface area contributed by atoms with Gasteiger partial charge in [-0.05, 0) is 55.2 Å². The van der Waals surface area contributed by atoms with Crippen molar-refractivity contribution in [3.05, 3.63) is 65.7 Å². The maximum atomic E-state index is 11.9. The molecule has 2 rings (SSSR count). The van der Waals surface area contributed by atoms with Gasteiger partial charge in [0.1, 0.15) is 11.5 Å². The minimum atomic E-state index is -0.0890. The summed E-state index contributed by atoms with van der Waals surface area (Å²) in [6.07, 6.45) is 5.08. The van der Waals surface area contributed by atoms with Gasteiger partial charge >= 0.3 is 0 Å². The zero-order valence-electron chi connectivity index (χ0n) is 14.8. The van der Waals surface area contributed by atoms with Crippen molar-refractivity contribution in [1.82, 2.24) is 5.32 Å². The van der Waals surface area contributed by atoms with Crippen LogP contribution in [-0.4, -0.2) is 26.2 Å². The van der Waals surface area contributed by atoms with Gasteiger partial charge in [-0.2, -0.15) is 0 Å². The minimum Gasteiger partial charge on any atom is -0.497 e. The van der Waals surface area contributed by atoms with Crippen LogP contribution in [-0.2, 0) is 11.2 Å². The van der Waals surface area contributed by atoms with E-state index < -0.39 is 0 Å². The molecule has 0 aliphatic carbocycles. The Labute approximate surface area is 149 Å². The summed E-state index contributed by atoms with van der Waals surface area (Å²) in [6.45, 7) is 3.27. The normalized spacial score (nSPS) is 10.6. The van der Waals surface area contributed by atoms with E-state index in [1.165, 1.54) is 5.56 Å². The number of amides is 1. The molecule has 0 radical (unpaired) electrons. The highest BCUT2D eigenvalue weighted by Crippen LogP contribution is 2.19. The van der Waals surface area contributed by atoms with Gasteiger partial charge < -0.3 is 14.8 Å². The second kappa shape index (κ2) is 10.2. The molecule has 25 heavy (non-hydrogen) atoms. The summed E-state index contributed by atoms with van der Waals surface area (Å²) in [5.41, 5.74) is 2.13. The lowest BCUT2D eigenvalue weighted by Gasteiger charge is -2.09. The fraction of sp³-hybridized carbons (Fsp3) is 0.286. The van der Waals surface area contributed by atoms with Crippen LogP contribution in [0.1, 0.15) is 24.5 Å². The highest BCUT2D eigenvalue weighted by molar-refractivity contribution is 5.91. The van der Waals surface area contributed by atoms with E-state index in [0.29, 0.717) is 13.2 Å². The summed E-state index contributed by atoms with van der Waals surface area (Å²) in [6, 6.07) is 15.6. The van der Waals surface area contributed by atoms with Gasteiger partial charge in [-0.15, -0.1) is 0 Å². The Kier molecular flexibility index (Phi) is 7.57. The molecule has 0 unspecified atom stereocenters. The third-order valence-electron chi connectivity index (χ3n) is 3.74. The van der Waals surface area contributed by atoms with Gasteiger partial charge in [-0.25, -0.2) is 0 Å². The Morgan fingerprint density at radius 2 is 1.88 bits per heavy atom. The largest absolute Gasteiger partial charge is 0.497 e. The first-order valence-electron chi connectivity index (χ1n) is 8.53. The van der Waals surface area contributed by atoms with Crippen molar-refractivity contribution in [3.8, 4) is 11.5 Å². The van der Waals surface area contributed by atoms with Crippen molar-refractivity contribution in [2.45, 2.75) is 19.8 Å². The number of carbonyl (C=O) groups is 1. The lowest BCUT2D eigenvalue weighted by Crippen LogP contribution is -2.22. The van der Waals surface area contributed by atoms with Crippen LogP contribution in [0.5, 0.6) is 11.5 Å². The number of nitrogens with one attached hydrogen (secondary N) is 1. The van der Waals surface area contributed by atoms with Gasteiger partial charge in [0.15, 0.2) is 0 Å².